The van der Waals surface area contributed by atoms with Gasteiger partial charge in [-0.25, -0.2) is 4.79 Å². The lowest BCUT2D eigenvalue weighted by atomic mass is 10.1. The van der Waals surface area contributed by atoms with Crippen LogP contribution in [-0.4, -0.2) is 13.1 Å². The van der Waals surface area contributed by atoms with Crippen LogP contribution in [0.4, 0.5) is 5.69 Å². The molecule has 6 heteroatoms. The Bertz CT molecular complexity index is 629. The van der Waals surface area contributed by atoms with E-state index in [1.165, 1.54) is 12.0 Å². The molecule has 0 radical (unpaired) electrons. The van der Waals surface area contributed by atoms with Crippen molar-refractivity contribution in [2.75, 3.05) is 12.4 Å². The van der Waals surface area contributed by atoms with Crippen molar-refractivity contribution < 1.29 is 9.53 Å². The van der Waals surface area contributed by atoms with E-state index in [-0.39, 0.29) is 6.04 Å². The first-order valence-electron chi connectivity index (χ1n) is 5.91. The fourth-order valence-corrected chi connectivity index (χ4v) is 3.38. The lowest BCUT2D eigenvalue weighted by Crippen LogP contribution is -2.11. The molecule has 1 unspecified atom stereocenters. The summed E-state index contributed by atoms with van der Waals surface area (Å²) in [7, 11) is 1.35. The summed E-state index contributed by atoms with van der Waals surface area (Å²) in [6.07, 6.45) is 0. The van der Waals surface area contributed by atoms with Crippen LogP contribution in [0.25, 0.3) is 0 Å². The molecule has 1 heterocycles. The zero-order chi connectivity index (χ0) is 14.7. The van der Waals surface area contributed by atoms with Crippen LogP contribution in [0.5, 0.6) is 0 Å². The molecule has 2 rings (SSSR count). The lowest BCUT2D eigenvalue weighted by molar-refractivity contribution is 0.0602. The van der Waals surface area contributed by atoms with Gasteiger partial charge in [0, 0.05) is 15.6 Å². The van der Waals surface area contributed by atoms with Crippen LogP contribution in [0.1, 0.15) is 28.2 Å². The predicted octanol–water partition coefficient (Wildman–Crippen LogP) is 5.12. The number of hydrogen-bond acceptors (Lipinski definition) is 4. The zero-order valence-electron chi connectivity index (χ0n) is 10.9. The third-order valence-electron chi connectivity index (χ3n) is 2.78. The van der Waals surface area contributed by atoms with E-state index in [0.717, 1.165) is 3.79 Å². The second-order valence-electron chi connectivity index (χ2n) is 4.19. The Morgan fingerprint density at radius 2 is 2.15 bits per heavy atom. The van der Waals surface area contributed by atoms with Gasteiger partial charge in [-0.15, -0.1) is 11.3 Å². The average Bonchev–Trinajstić information content (AvgIpc) is 2.86. The Labute approximate surface area is 135 Å². The van der Waals surface area contributed by atoms with Crippen LogP contribution in [0.3, 0.4) is 0 Å². The number of anilines is 1. The molecule has 0 bridgehead atoms. The number of nitrogens with one attached hydrogen (secondary N) is 1. The normalized spacial score (nSPS) is 12.0. The van der Waals surface area contributed by atoms with Crippen LogP contribution in [0.15, 0.2) is 34.1 Å². The Morgan fingerprint density at radius 1 is 1.40 bits per heavy atom. The van der Waals surface area contributed by atoms with Gasteiger partial charge in [-0.1, -0.05) is 11.6 Å². The highest BCUT2D eigenvalue weighted by atomic mass is 79.9. The van der Waals surface area contributed by atoms with Crippen molar-refractivity contribution >= 4 is 50.5 Å². The molecule has 0 aliphatic rings. The van der Waals surface area contributed by atoms with Crippen molar-refractivity contribution in [3.63, 3.8) is 0 Å². The maximum absolute atomic E-state index is 11.8. The summed E-state index contributed by atoms with van der Waals surface area (Å²) in [5, 5.41) is 3.81. The molecule has 0 spiro atoms. The van der Waals surface area contributed by atoms with Crippen molar-refractivity contribution in [2.24, 2.45) is 0 Å². The first kappa shape index (κ1) is 15.4. The van der Waals surface area contributed by atoms with Crippen molar-refractivity contribution in [2.45, 2.75) is 13.0 Å². The number of thiophene rings is 1. The fraction of sp³-hybridized carbons (Fsp3) is 0.214. The number of hydrogen-bond donors (Lipinski definition) is 1. The van der Waals surface area contributed by atoms with E-state index in [4.69, 9.17) is 16.3 Å². The van der Waals surface area contributed by atoms with Crippen molar-refractivity contribution in [1.29, 1.82) is 0 Å². The number of esters is 1. The molecule has 0 aliphatic heterocycles. The maximum Gasteiger partial charge on any atom is 0.340 e. The largest absolute Gasteiger partial charge is 0.465 e. The smallest absolute Gasteiger partial charge is 0.340 e. The molecular formula is C14H13BrClNO2S. The summed E-state index contributed by atoms with van der Waals surface area (Å²) in [5.74, 6) is -0.408. The van der Waals surface area contributed by atoms with Gasteiger partial charge < -0.3 is 10.1 Å². The number of halogens is 2. The highest BCUT2D eigenvalue weighted by molar-refractivity contribution is 9.11. The standard InChI is InChI=1S/C14H13BrClNO2S/c1-8(12-5-6-13(15)20-12)17-11-4-3-9(16)7-10(11)14(18)19-2/h3-8,17H,1-2H3. The third kappa shape index (κ3) is 3.53. The van der Waals surface area contributed by atoms with Crippen LogP contribution < -0.4 is 5.32 Å². The van der Waals surface area contributed by atoms with E-state index in [1.807, 2.05) is 19.1 Å². The number of carbonyl (C=O) groups excluding carboxylic acids is 1. The minimum atomic E-state index is -0.408. The number of carbonyl (C=O) groups is 1. The summed E-state index contributed by atoms with van der Waals surface area (Å²) in [4.78, 5) is 13.0. The highest BCUT2D eigenvalue weighted by Crippen LogP contribution is 2.31. The van der Waals surface area contributed by atoms with Gasteiger partial charge in [0.25, 0.3) is 0 Å². The first-order chi connectivity index (χ1) is 9.51. The van der Waals surface area contributed by atoms with E-state index >= 15 is 0 Å². The third-order valence-corrected chi connectivity index (χ3v) is 4.82. The molecule has 2 aromatic rings. The van der Waals surface area contributed by atoms with E-state index in [1.54, 1.807) is 29.5 Å². The molecule has 20 heavy (non-hydrogen) atoms. The molecule has 0 fully saturated rings. The molecule has 1 aromatic heterocycles. The second kappa shape index (κ2) is 6.61. The summed E-state index contributed by atoms with van der Waals surface area (Å²) < 4.78 is 5.86. The zero-order valence-corrected chi connectivity index (χ0v) is 14.1. The Balaban J connectivity index is 2.26. The van der Waals surface area contributed by atoms with Gasteiger partial charge in [0.1, 0.15) is 0 Å². The van der Waals surface area contributed by atoms with Crippen LogP contribution in [-0.2, 0) is 4.74 Å². The van der Waals surface area contributed by atoms with Crippen LogP contribution in [0.2, 0.25) is 5.02 Å². The van der Waals surface area contributed by atoms with Gasteiger partial charge in [0.2, 0.25) is 0 Å². The summed E-state index contributed by atoms with van der Waals surface area (Å²) in [6.45, 7) is 2.04. The Kier molecular flexibility index (Phi) is 5.07. The Hall–Kier alpha value is -1.04. The molecule has 1 atom stereocenters. The topological polar surface area (TPSA) is 38.3 Å². The lowest BCUT2D eigenvalue weighted by Gasteiger charge is -2.16. The fourth-order valence-electron chi connectivity index (χ4n) is 1.79. The van der Waals surface area contributed by atoms with Gasteiger partial charge in [-0.2, -0.15) is 0 Å². The minimum absolute atomic E-state index is 0.0795. The average molecular weight is 375 g/mol. The summed E-state index contributed by atoms with van der Waals surface area (Å²) in [5.41, 5.74) is 1.14. The predicted molar refractivity (Wildman–Crippen MR) is 86.8 cm³/mol. The van der Waals surface area contributed by atoms with Gasteiger partial charge >= 0.3 is 5.97 Å². The van der Waals surface area contributed by atoms with E-state index in [2.05, 4.69) is 21.2 Å². The SMILES string of the molecule is COC(=O)c1cc(Cl)ccc1NC(C)c1ccc(Br)s1. The van der Waals surface area contributed by atoms with Crippen molar-refractivity contribution in [3.05, 3.63) is 49.6 Å². The van der Waals surface area contributed by atoms with E-state index in [0.29, 0.717) is 16.3 Å². The van der Waals surface area contributed by atoms with Crippen molar-refractivity contribution in [1.82, 2.24) is 0 Å². The number of ether oxygens (including phenoxy) is 1. The first-order valence-corrected chi connectivity index (χ1v) is 7.89. The van der Waals surface area contributed by atoms with Gasteiger partial charge in [-0.05, 0) is 53.2 Å². The van der Waals surface area contributed by atoms with E-state index < -0.39 is 5.97 Å². The summed E-state index contributed by atoms with van der Waals surface area (Å²) in [6, 6.07) is 9.26. The molecule has 0 amide bonds. The molecule has 1 aromatic carbocycles. The summed E-state index contributed by atoms with van der Waals surface area (Å²) >= 11 is 11.0. The molecule has 0 saturated heterocycles. The highest BCUT2D eigenvalue weighted by Gasteiger charge is 2.15. The van der Waals surface area contributed by atoms with Crippen molar-refractivity contribution in [3.8, 4) is 0 Å². The maximum atomic E-state index is 11.8. The quantitative estimate of drug-likeness (QED) is 0.754. The molecule has 1 N–H and O–H groups in total. The molecular weight excluding hydrogens is 362 g/mol. The monoisotopic (exact) mass is 373 g/mol. The van der Waals surface area contributed by atoms with Crippen LogP contribution >= 0.6 is 38.9 Å². The van der Waals surface area contributed by atoms with Gasteiger partial charge in [0.05, 0.1) is 22.5 Å². The number of methoxy groups -OCH3 is 1. The second-order valence-corrected chi connectivity index (χ2v) is 7.12. The van der Waals surface area contributed by atoms with Gasteiger partial charge in [-0.3, -0.25) is 0 Å². The molecule has 0 aliphatic carbocycles. The number of rotatable bonds is 4. The van der Waals surface area contributed by atoms with Gasteiger partial charge in [0.15, 0.2) is 0 Å². The molecule has 106 valence electrons. The minimum Gasteiger partial charge on any atom is -0.465 e. The molecule has 0 saturated carbocycles. The Morgan fingerprint density at radius 3 is 2.75 bits per heavy atom. The molecule has 3 nitrogen and oxygen atoms in total. The number of benzene rings is 1. The van der Waals surface area contributed by atoms with Crippen LogP contribution in [0, 0.1) is 0 Å². The van der Waals surface area contributed by atoms with E-state index in [9.17, 15) is 4.79 Å².